The van der Waals surface area contributed by atoms with E-state index in [2.05, 4.69) is 12.6 Å². The highest BCUT2D eigenvalue weighted by molar-refractivity contribution is 7.80. The number of ether oxygens (including phenoxy) is 3. The van der Waals surface area contributed by atoms with E-state index < -0.39 is 0 Å². The van der Waals surface area contributed by atoms with Gasteiger partial charge in [0.15, 0.2) is 0 Å². The first-order valence-corrected chi connectivity index (χ1v) is 6.63. The third kappa shape index (κ3) is 6.09. The average molecular weight is 284 g/mol. The molecular formula is C14H20O4S. The summed E-state index contributed by atoms with van der Waals surface area (Å²) in [6.45, 7) is 3.80. The Balaban J connectivity index is 2.26. The Morgan fingerprint density at radius 2 is 2.00 bits per heavy atom. The third-order valence-electron chi connectivity index (χ3n) is 2.54. The first kappa shape index (κ1) is 16.0. The fourth-order valence-electron chi connectivity index (χ4n) is 1.51. The van der Waals surface area contributed by atoms with E-state index in [4.69, 9.17) is 14.2 Å². The lowest BCUT2D eigenvalue weighted by Gasteiger charge is -2.08. The van der Waals surface area contributed by atoms with Crippen LogP contribution in [0.3, 0.4) is 0 Å². The SMILES string of the molecule is COCCCOCCOC(=O)c1cc(S)ccc1C. The van der Waals surface area contributed by atoms with Crippen molar-refractivity contribution in [2.75, 3.05) is 33.5 Å². The number of carbonyl (C=O) groups excluding carboxylic acids is 1. The summed E-state index contributed by atoms with van der Waals surface area (Å²) < 4.78 is 15.3. The largest absolute Gasteiger partial charge is 0.460 e. The van der Waals surface area contributed by atoms with Crippen LogP contribution in [-0.4, -0.2) is 39.5 Å². The van der Waals surface area contributed by atoms with Crippen LogP contribution in [0.1, 0.15) is 22.3 Å². The van der Waals surface area contributed by atoms with E-state index in [-0.39, 0.29) is 12.6 Å². The van der Waals surface area contributed by atoms with E-state index in [1.54, 1.807) is 13.2 Å². The van der Waals surface area contributed by atoms with Gasteiger partial charge in [-0.05, 0) is 31.0 Å². The Morgan fingerprint density at radius 3 is 2.74 bits per heavy atom. The van der Waals surface area contributed by atoms with E-state index in [9.17, 15) is 4.79 Å². The molecule has 1 aromatic rings. The lowest BCUT2D eigenvalue weighted by atomic mass is 10.1. The molecule has 0 fully saturated rings. The van der Waals surface area contributed by atoms with Crippen molar-refractivity contribution in [2.24, 2.45) is 0 Å². The van der Waals surface area contributed by atoms with Gasteiger partial charge in [0, 0.05) is 25.2 Å². The van der Waals surface area contributed by atoms with Crippen molar-refractivity contribution in [1.82, 2.24) is 0 Å². The van der Waals surface area contributed by atoms with Gasteiger partial charge in [-0.1, -0.05) is 6.07 Å². The predicted octanol–water partition coefficient (Wildman–Crippen LogP) is 2.49. The normalized spacial score (nSPS) is 10.5. The maximum absolute atomic E-state index is 11.8. The van der Waals surface area contributed by atoms with Gasteiger partial charge in [0.2, 0.25) is 0 Å². The van der Waals surface area contributed by atoms with Crippen LogP contribution in [-0.2, 0) is 14.2 Å². The number of hydrogen-bond donors (Lipinski definition) is 1. The second kappa shape index (κ2) is 8.96. The molecule has 0 bridgehead atoms. The molecule has 0 N–H and O–H groups in total. The minimum absolute atomic E-state index is 0.252. The molecule has 0 aromatic heterocycles. The smallest absolute Gasteiger partial charge is 0.338 e. The summed E-state index contributed by atoms with van der Waals surface area (Å²) >= 11 is 4.21. The van der Waals surface area contributed by atoms with Gasteiger partial charge < -0.3 is 14.2 Å². The molecule has 0 atom stereocenters. The number of esters is 1. The van der Waals surface area contributed by atoms with Crippen LogP contribution in [0.25, 0.3) is 0 Å². The Labute approximate surface area is 119 Å². The summed E-state index contributed by atoms with van der Waals surface area (Å²) in [5, 5.41) is 0. The van der Waals surface area contributed by atoms with Gasteiger partial charge in [-0.25, -0.2) is 4.79 Å². The second-order valence-corrected chi connectivity index (χ2v) is 4.61. The zero-order chi connectivity index (χ0) is 14.1. The predicted molar refractivity (Wildman–Crippen MR) is 76.0 cm³/mol. The Hall–Kier alpha value is -1.04. The Kier molecular flexibility index (Phi) is 7.55. The van der Waals surface area contributed by atoms with Crippen molar-refractivity contribution in [1.29, 1.82) is 0 Å². The molecule has 0 spiro atoms. The lowest BCUT2D eigenvalue weighted by molar-refractivity contribution is 0.0287. The number of methoxy groups -OCH3 is 1. The number of thiol groups is 1. The van der Waals surface area contributed by atoms with Gasteiger partial charge in [0.1, 0.15) is 6.61 Å². The van der Waals surface area contributed by atoms with Crippen LogP contribution in [0.4, 0.5) is 0 Å². The average Bonchev–Trinajstić information content (AvgIpc) is 2.40. The van der Waals surface area contributed by atoms with Gasteiger partial charge in [0.05, 0.1) is 12.2 Å². The van der Waals surface area contributed by atoms with Gasteiger partial charge in [0.25, 0.3) is 0 Å². The van der Waals surface area contributed by atoms with Crippen LogP contribution in [0.15, 0.2) is 23.1 Å². The van der Waals surface area contributed by atoms with E-state index in [1.165, 1.54) is 0 Å². The Morgan fingerprint density at radius 1 is 1.21 bits per heavy atom. The molecule has 0 saturated carbocycles. The monoisotopic (exact) mass is 284 g/mol. The summed E-state index contributed by atoms with van der Waals surface area (Å²) in [5.41, 5.74) is 1.43. The van der Waals surface area contributed by atoms with Crippen molar-refractivity contribution in [2.45, 2.75) is 18.2 Å². The first-order chi connectivity index (χ1) is 9.15. The van der Waals surface area contributed by atoms with Crippen LogP contribution >= 0.6 is 12.6 Å². The van der Waals surface area contributed by atoms with Crippen LogP contribution < -0.4 is 0 Å². The van der Waals surface area contributed by atoms with Crippen LogP contribution in [0.2, 0.25) is 0 Å². The highest BCUT2D eigenvalue weighted by Crippen LogP contribution is 2.14. The third-order valence-corrected chi connectivity index (χ3v) is 2.82. The number of aryl methyl sites for hydroxylation is 1. The quantitative estimate of drug-likeness (QED) is 0.452. The molecule has 0 heterocycles. The summed E-state index contributed by atoms with van der Waals surface area (Å²) in [6, 6.07) is 5.40. The van der Waals surface area contributed by atoms with Crippen molar-refractivity contribution in [3.63, 3.8) is 0 Å². The van der Waals surface area contributed by atoms with Crippen molar-refractivity contribution in [3.8, 4) is 0 Å². The summed E-state index contributed by atoms with van der Waals surface area (Å²) in [4.78, 5) is 12.6. The molecule has 19 heavy (non-hydrogen) atoms. The van der Waals surface area contributed by atoms with Gasteiger partial charge in [-0.15, -0.1) is 12.6 Å². The number of hydrogen-bond acceptors (Lipinski definition) is 5. The minimum atomic E-state index is -0.339. The molecule has 0 saturated heterocycles. The zero-order valence-electron chi connectivity index (χ0n) is 11.3. The molecule has 4 nitrogen and oxygen atoms in total. The molecule has 0 radical (unpaired) electrons. The molecule has 0 unspecified atom stereocenters. The van der Waals surface area contributed by atoms with Gasteiger partial charge >= 0.3 is 5.97 Å². The standard InChI is InChI=1S/C14H20O4S/c1-11-4-5-12(19)10-13(11)14(15)18-9-8-17-7-3-6-16-2/h4-5,10,19H,3,6-9H2,1-2H3. The highest BCUT2D eigenvalue weighted by atomic mass is 32.1. The maximum atomic E-state index is 11.8. The summed E-state index contributed by atoms with van der Waals surface area (Å²) in [5.74, 6) is -0.339. The molecule has 0 aliphatic heterocycles. The number of rotatable bonds is 8. The van der Waals surface area contributed by atoms with E-state index in [0.29, 0.717) is 25.4 Å². The maximum Gasteiger partial charge on any atom is 0.338 e. The second-order valence-electron chi connectivity index (χ2n) is 4.09. The van der Waals surface area contributed by atoms with E-state index in [0.717, 1.165) is 16.9 Å². The van der Waals surface area contributed by atoms with Crippen LogP contribution in [0, 0.1) is 6.92 Å². The lowest BCUT2D eigenvalue weighted by Crippen LogP contribution is -2.12. The number of carbonyl (C=O) groups is 1. The fraction of sp³-hybridized carbons (Fsp3) is 0.500. The van der Waals surface area contributed by atoms with E-state index >= 15 is 0 Å². The fourth-order valence-corrected chi connectivity index (χ4v) is 1.71. The summed E-state index contributed by atoms with van der Waals surface area (Å²) in [6.07, 6.45) is 0.839. The molecule has 0 amide bonds. The van der Waals surface area contributed by atoms with Gasteiger partial charge in [-0.2, -0.15) is 0 Å². The molecule has 5 heteroatoms. The highest BCUT2D eigenvalue weighted by Gasteiger charge is 2.10. The van der Waals surface area contributed by atoms with Gasteiger partial charge in [-0.3, -0.25) is 0 Å². The van der Waals surface area contributed by atoms with Crippen molar-refractivity contribution < 1.29 is 19.0 Å². The zero-order valence-corrected chi connectivity index (χ0v) is 12.2. The molecule has 0 aliphatic rings. The molecule has 0 aliphatic carbocycles. The van der Waals surface area contributed by atoms with Crippen molar-refractivity contribution in [3.05, 3.63) is 29.3 Å². The minimum Gasteiger partial charge on any atom is -0.460 e. The van der Waals surface area contributed by atoms with Crippen LogP contribution in [0.5, 0.6) is 0 Å². The number of benzene rings is 1. The molecular weight excluding hydrogens is 264 g/mol. The Bertz CT molecular complexity index is 406. The van der Waals surface area contributed by atoms with Crippen molar-refractivity contribution >= 4 is 18.6 Å². The molecule has 1 rings (SSSR count). The first-order valence-electron chi connectivity index (χ1n) is 6.18. The summed E-state index contributed by atoms with van der Waals surface area (Å²) in [7, 11) is 1.65. The topological polar surface area (TPSA) is 44.8 Å². The molecule has 106 valence electrons. The molecule has 1 aromatic carbocycles. The van der Waals surface area contributed by atoms with E-state index in [1.807, 2.05) is 19.1 Å².